The lowest BCUT2D eigenvalue weighted by Gasteiger charge is -2.37. The van der Waals surface area contributed by atoms with Crippen LogP contribution in [-0.2, 0) is 20.9 Å². The summed E-state index contributed by atoms with van der Waals surface area (Å²) in [5, 5.41) is 5.99. The molecule has 0 bridgehead atoms. The molecule has 0 radical (unpaired) electrons. The molecule has 2 aliphatic heterocycles. The lowest BCUT2D eigenvalue weighted by atomic mass is 9.85. The largest absolute Gasteiger partial charge is 0.370 e. The monoisotopic (exact) mass is 502 g/mol. The summed E-state index contributed by atoms with van der Waals surface area (Å²) in [6.45, 7) is 9.63. The van der Waals surface area contributed by atoms with Crippen molar-refractivity contribution in [1.82, 2.24) is 20.4 Å². The normalized spacial score (nSPS) is 26.7. The Morgan fingerprint density at radius 2 is 1.81 bits per heavy atom. The summed E-state index contributed by atoms with van der Waals surface area (Å²) >= 11 is 0. The third kappa shape index (κ3) is 5.76. The number of ether oxygens (including phenoxy) is 1. The summed E-state index contributed by atoms with van der Waals surface area (Å²) in [7, 11) is 1.74. The Bertz CT molecular complexity index is 912. The minimum absolute atomic E-state index is 0.0321. The first-order valence-corrected chi connectivity index (χ1v) is 13.5. The van der Waals surface area contributed by atoms with Gasteiger partial charge in [-0.3, -0.25) is 14.5 Å². The molecule has 3 aliphatic rings. The zero-order valence-electron chi connectivity index (χ0n) is 22.4. The van der Waals surface area contributed by atoms with Crippen LogP contribution in [-0.4, -0.2) is 78.1 Å². The minimum atomic E-state index is -0.627. The molecule has 2 amide bonds. The smallest absolute Gasteiger partial charge is 0.246 e. The second-order valence-corrected chi connectivity index (χ2v) is 11.8. The number of benzene rings is 1. The van der Waals surface area contributed by atoms with Crippen molar-refractivity contribution < 1.29 is 18.7 Å². The van der Waals surface area contributed by atoms with E-state index in [1.54, 1.807) is 26.1 Å². The van der Waals surface area contributed by atoms with Crippen LogP contribution >= 0.6 is 0 Å². The van der Waals surface area contributed by atoms with Crippen molar-refractivity contribution in [1.29, 1.82) is 0 Å². The van der Waals surface area contributed by atoms with Crippen LogP contribution in [0.1, 0.15) is 65.4 Å². The summed E-state index contributed by atoms with van der Waals surface area (Å²) < 4.78 is 19.8. The lowest BCUT2D eigenvalue weighted by molar-refractivity contribution is -0.142. The maximum absolute atomic E-state index is 14.0. The highest BCUT2D eigenvalue weighted by Gasteiger charge is 2.54. The van der Waals surface area contributed by atoms with Gasteiger partial charge in [0, 0.05) is 25.2 Å². The Labute approximate surface area is 215 Å². The van der Waals surface area contributed by atoms with Crippen molar-refractivity contribution >= 4 is 11.8 Å². The topological polar surface area (TPSA) is 73.9 Å². The van der Waals surface area contributed by atoms with E-state index in [1.807, 2.05) is 25.7 Å². The van der Waals surface area contributed by atoms with Crippen molar-refractivity contribution in [3.05, 3.63) is 35.6 Å². The van der Waals surface area contributed by atoms with Gasteiger partial charge in [-0.2, -0.15) is 0 Å². The quantitative estimate of drug-likeness (QED) is 0.572. The van der Waals surface area contributed by atoms with Crippen LogP contribution in [0.3, 0.4) is 0 Å². The Morgan fingerprint density at radius 1 is 1.14 bits per heavy atom. The van der Waals surface area contributed by atoms with Gasteiger partial charge in [0.2, 0.25) is 11.8 Å². The number of rotatable bonds is 8. The van der Waals surface area contributed by atoms with Gasteiger partial charge in [-0.25, -0.2) is 4.39 Å². The van der Waals surface area contributed by atoms with Crippen LogP contribution in [0.25, 0.3) is 0 Å². The first-order valence-electron chi connectivity index (χ1n) is 13.5. The predicted molar refractivity (Wildman–Crippen MR) is 138 cm³/mol. The van der Waals surface area contributed by atoms with Gasteiger partial charge >= 0.3 is 0 Å². The molecule has 2 saturated heterocycles. The van der Waals surface area contributed by atoms with Gasteiger partial charge in [-0.05, 0) is 56.3 Å². The zero-order chi connectivity index (χ0) is 26.0. The SMILES string of the molecule is CN[C@@H](C)C(=O)N[C@H](C(=O)N1CC[C@@H]2[C@H]1[C@@H](OCc1ccc(F)cc1)CN2C1CCCC1)C(C)(C)C. The van der Waals surface area contributed by atoms with E-state index in [1.165, 1.54) is 37.8 Å². The summed E-state index contributed by atoms with van der Waals surface area (Å²) in [6.07, 6.45) is 5.70. The van der Waals surface area contributed by atoms with Crippen molar-refractivity contribution in [3.63, 3.8) is 0 Å². The third-order valence-corrected chi connectivity index (χ3v) is 8.30. The molecule has 7 nitrogen and oxygen atoms in total. The van der Waals surface area contributed by atoms with E-state index < -0.39 is 11.5 Å². The average Bonchev–Trinajstić information content (AvgIpc) is 3.58. The highest BCUT2D eigenvalue weighted by molar-refractivity contribution is 5.90. The number of likely N-dealkylation sites (tertiary alicyclic amines) is 2. The van der Waals surface area contributed by atoms with E-state index in [2.05, 4.69) is 15.5 Å². The Kier molecular flexibility index (Phi) is 8.37. The van der Waals surface area contributed by atoms with Crippen molar-refractivity contribution in [2.45, 2.75) is 103 Å². The molecule has 1 saturated carbocycles. The number of amides is 2. The molecule has 36 heavy (non-hydrogen) atoms. The molecule has 0 unspecified atom stereocenters. The number of nitrogens with zero attached hydrogens (tertiary/aromatic N) is 2. The maximum atomic E-state index is 14.0. The fraction of sp³-hybridized carbons (Fsp3) is 0.714. The molecular formula is C28H43FN4O3. The van der Waals surface area contributed by atoms with Gasteiger partial charge in [-0.1, -0.05) is 45.7 Å². The molecule has 3 fully saturated rings. The molecule has 1 aromatic carbocycles. The van der Waals surface area contributed by atoms with E-state index in [-0.39, 0.29) is 41.9 Å². The maximum Gasteiger partial charge on any atom is 0.246 e. The number of hydrogen-bond acceptors (Lipinski definition) is 5. The molecular weight excluding hydrogens is 459 g/mol. The number of hydrogen-bond donors (Lipinski definition) is 2. The van der Waals surface area contributed by atoms with Crippen molar-refractivity contribution in [3.8, 4) is 0 Å². The van der Waals surface area contributed by atoms with Gasteiger partial charge in [0.1, 0.15) is 11.9 Å². The number of halogens is 1. The van der Waals surface area contributed by atoms with Gasteiger partial charge in [0.25, 0.3) is 0 Å². The minimum Gasteiger partial charge on any atom is -0.370 e. The molecule has 0 spiro atoms. The summed E-state index contributed by atoms with van der Waals surface area (Å²) in [5.74, 6) is -0.470. The molecule has 4 rings (SSSR count). The molecule has 0 aromatic heterocycles. The van der Waals surface area contributed by atoms with E-state index in [9.17, 15) is 14.0 Å². The first kappa shape index (κ1) is 27.0. The van der Waals surface area contributed by atoms with Crippen LogP contribution in [0.2, 0.25) is 0 Å². The fourth-order valence-electron chi connectivity index (χ4n) is 6.12. The van der Waals surface area contributed by atoms with Crippen LogP contribution in [0.4, 0.5) is 4.39 Å². The average molecular weight is 503 g/mol. The van der Waals surface area contributed by atoms with Crippen LogP contribution in [0.15, 0.2) is 24.3 Å². The molecule has 5 atom stereocenters. The number of carbonyl (C=O) groups excluding carboxylic acids is 2. The lowest BCUT2D eigenvalue weighted by Crippen LogP contribution is -2.59. The highest BCUT2D eigenvalue weighted by Crippen LogP contribution is 2.39. The molecule has 1 aliphatic carbocycles. The van der Waals surface area contributed by atoms with Crippen LogP contribution in [0.5, 0.6) is 0 Å². The van der Waals surface area contributed by atoms with Crippen molar-refractivity contribution in [2.24, 2.45) is 5.41 Å². The molecule has 1 aromatic rings. The number of nitrogens with one attached hydrogen (secondary N) is 2. The summed E-state index contributed by atoms with van der Waals surface area (Å²) in [4.78, 5) is 31.4. The van der Waals surface area contributed by atoms with E-state index in [4.69, 9.17) is 4.74 Å². The second-order valence-electron chi connectivity index (χ2n) is 11.8. The Morgan fingerprint density at radius 3 is 2.42 bits per heavy atom. The summed E-state index contributed by atoms with van der Waals surface area (Å²) in [5.41, 5.74) is 0.482. The van der Waals surface area contributed by atoms with Gasteiger partial charge in [0.05, 0.1) is 24.8 Å². The van der Waals surface area contributed by atoms with Crippen molar-refractivity contribution in [2.75, 3.05) is 20.1 Å². The third-order valence-electron chi connectivity index (χ3n) is 8.30. The van der Waals surface area contributed by atoms with E-state index in [0.29, 0.717) is 19.2 Å². The van der Waals surface area contributed by atoms with Gasteiger partial charge < -0.3 is 20.3 Å². The fourth-order valence-corrected chi connectivity index (χ4v) is 6.12. The van der Waals surface area contributed by atoms with Crippen LogP contribution < -0.4 is 10.6 Å². The van der Waals surface area contributed by atoms with E-state index in [0.717, 1.165) is 18.5 Å². The highest BCUT2D eigenvalue weighted by atomic mass is 19.1. The van der Waals surface area contributed by atoms with Gasteiger partial charge in [0.15, 0.2) is 0 Å². The first-order chi connectivity index (χ1) is 17.1. The molecule has 8 heteroatoms. The number of likely N-dealkylation sites (N-methyl/N-ethyl adjacent to an activating group) is 1. The standard InChI is InChI=1S/C28H43FN4O3/c1-18(30-5)26(34)31-25(28(2,3)4)27(35)32-15-14-22-24(32)23(16-33(22)21-8-6-7-9-21)36-17-19-10-12-20(29)13-11-19/h10-13,18,21-25,30H,6-9,14-17H2,1-5H3,(H,31,34)/t18-,22+,23-,24-,25+/m0/s1. The molecule has 2 N–H and O–H groups in total. The van der Waals surface area contributed by atoms with Gasteiger partial charge in [-0.15, -0.1) is 0 Å². The van der Waals surface area contributed by atoms with E-state index >= 15 is 0 Å². The number of fused-ring (bicyclic) bond motifs is 1. The molecule has 2 heterocycles. The number of carbonyl (C=O) groups is 2. The summed E-state index contributed by atoms with van der Waals surface area (Å²) in [6, 6.07) is 6.16. The second kappa shape index (κ2) is 11.2. The Hall–Kier alpha value is -2.03. The zero-order valence-corrected chi connectivity index (χ0v) is 22.4. The van der Waals surface area contributed by atoms with Crippen LogP contribution in [0, 0.1) is 11.2 Å². The molecule has 200 valence electrons. The Balaban J connectivity index is 1.55. The predicted octanol–water partition coefficient (Wildman–Crippen LogP) is 3.08.